The molecular weight excluding hydrogens is 342 g/mol. The normalized spacial score (nSPS) is 20.2. The van der Waals surface area contributed by atoms with Crippen molar-refractivity contribution in [3.63, 3.8) is 0 Å². The predicted octanol–water partition coefficient (Wildman–Crippen LogP) is 3.17. The number of nitrogens with one attached hydrogen (secondary N) is 1. The molecule has 1 unspecified atom stereocenters. The van der Waals surface area contributed by atoms with Crippen molar-refractivity contribution >= 4 is 17.8 Å². The molecule has 1 aliphatic rings. The second-order valence-electron chi connectivity index (χ2n) is 8.89. The Balaban J connectivity index is 2.17. The average Bonchev–Trinajstić information content (AvgIpc) is 2.74. The van der Waals surface area contributed by atoms with Crippen molar-refractivity contribution in [2.24, 2.45) is 5.92 Å². The molecule has 2 rings (SSSR count). The summed E-state index contributed by atoms with van der Waals surface area (Å²) >= 11 is 0. The summed E-state index contributed by atoms with van der Waals surface area (Å²) in [6.45, 7) is 11.7. The zero-order valence-electron chi connectivity index (χ0n) is 17.2. The Hall–Kier alpha value is -2.37. The number of carbonyl (C=O) groups excluding carboxylic acids is 3. The summed E-state index contributed by atoms with van der Waals surface area (Å²) in [5, 5.41) is 2.76. The lowest BCUT2D eigenvalue weighted by atomic mass is 9.91. The van der Waals surface area contributed by atoms with Gasteiger partial charge >= 0.3 is 6.03 Å². The first-order chi connectivity index (χ1) is 12.4. The fourth-order valence-electron chi connectivity index (χ4n) is 3.53. The van der Waals surface area contributed by atoms with Crippen molar-refractivity contribution in [2.45, 2.75) is 65.6 Å². The first-order valence-electron chi connectivity index (χ1n) is 9.42. The third kappa shape index (κ3) is 4.87. The second-order valence-corrected chi connectivity index (χ2v) is 8.89. The van der Waals surface area contributed by atoms with E-state index in [1.807, 2.05) is 65.0 Å². The number of amides is 4. The number of hydrogen-bond donors (Lipinski definition) is 1. The molecule has 0 bridgehead atoms. The van der Waals surface area contributed by atoms with Gasteiger partial charge in [-0.2, -0.15) is 0 Å². The van der Waals surface area contributed by atoms with Crippen LogP contribution in [-0.2, 0) is 16.1 Å². The largest absolute Gasteiger partial charge is 0.332 e. The van der Waals surface area contributed by atoms with Crippen molar-refractivity contribution in [1.29, 1.82) is 0 Å². The zero-order chi connectivity index (χ0) is 20.4. The van der Waals surface area contributed by atoms with E-state index < -0.39 is 17.1 Å². The summed E-state index contributed by atoms with van der Waals surface area (Å²) in [5.74, 6) is -0.328. The summed E-state index contributed by atoms with van der Waals surface area (Å²) in [4.78, 5) is 41.0. The average molecular weight is 373 g/mol. The van der Waals surface area contributed by atoms with Gasteiger partial charge in [0.15, 0.2) is 0 Å². The topological polar surface area (TPSA) is 69.7 Å². The van der Waals surface area contributed by atoms with Gasteiger partial charge in [0, 0.05) is 12.1 Å². The maximum Gasteiger partial charge on any atom is 0.325 e. The highest BCUT2D eigenvalue weighted by Crippen LogP contribution is 2.26. The first kappa shape index (κ1) is 20.9. The van der Waals surface area contributed by atoms with Crippen molar-refractivity contribution in [3.05, 3.63) is 35.9 Å². The minimum absolute atomic E-state index is 0.247. The molecule has 148 valence electrons. The molecule has 0 radical (unpaired) electrons. The minimum Gasteiger partial charge on any atom is -0.332 e. The van der Waals surface area contributed by atoms with Crippen molar-refractivity contribution in [1.82, 2.24) is 15.1 Å². The van der Waals surface area contributed by atoms with Crippen LogP contribution in [0.1, 0.15) is 53.5 Å². The van der Waals surface area contributed by atoms with Crippen LogP contribution in [0.15, 0.2) is 30.3 Å². The summed E-state index contributed by atoms with van der Waals surface area (Å²) in [6, 6.07) is 9.20. The van der Waals surface area contributed by atoms with Crippen LogP contribution in [0.2, 0.25) is 0 Å². The number of rotatable bonds is 6. The van der Waals surface area contributed by atoms with Gasteiger partial charge in [0.05, 0.1) is 0 Å². The van der Waals surface area contributed by atoms with Crippen molar-refractivity contribution in [3.8, 4) is 0 Å². The van der Waals surface area contributed by atoms with Crippen molar-refractivity contribution < 1.29 is 14.4 Å². The van der Waals surface area contributed by atoms with Crippen LogP contribution in [0.3, 0.4) is 0 Å². The monoisotopic (exact) mass is 373 g/mol. The molecule has 0 aromatic heterocycles. The number of nitrogens with zero attached hydrogens (tertiary/aromatic N) is 2. The van der Waals surface area contributed by atoms with Gasteiger partial charge in [-0.1, -0.05) is 44.2 Å². The lowest BCUT2D eigenvalue weighted by Crippen LogP contribution is -2.51. The molecule has 0 aliphatic carbocycles. The van der Waals surface area contributed by atoms with Gasteiger partial charge in [-0.3, -0.25) is 14.5 Å². The Morgan fingerprint density at radius 2 is 1.78 bits per heavy atom. The Morgan fingerprint density at radius 1 is 1.19 bits per heavy atom. The Labute approximate surface area is 161 Å². The molecule has 1 saturated heterocycles. The predicted molar refractivity (Wildman–Crippen MR) is 105 cm³/mol. The van der Waals surface area contributed by atoms with Gasteiger partial charge in [0.1, 0.15) is 12.1 Å². The van der Waals surface area contributed by atoms with E-state index in [9.17, 15) is 14.4 Å². The van der Waals surface area contributed by atoms with Crippen LogP contribution in [0.25, 0.3) is 0 Å². The van der Waals surface area contributed by atoms with Gasteiger partial charge in [-0.05, 0) is 45.6 Å². The van der Waals surface area contributed by atoms with Crippen LogP contribution < -0.4 is 5.32 Å². The molecule has 0 spiro atoms. The number of urea groups is 1. The van der Waals surface area contributed by atoms with Crippen LogP contribution in [-0.4, -0.2) is 45.3 Å². The van der Waals surface area contributed by atoms with Gasteiger partial charge in [-0.25, -0.2) is 4.79 Å². The standard InChI is InChI=1S/C21H31N3O3/c1-15(2)12-21(6)18(26)23(19(27)22-21)14-17(25)24(20(3,4)5)13-16-10-8-7-9-11-16/h7-11,15H,12-14H2,1-6H3,(H,22,27). The Kier molecular flexibility index (Phi) is 5.97. The molecular formula is C21H31N3O3. The van der Waals surface area contributed by atoms with Gasteiger partial charge < -0.3 is 10.2 Å². The SMILES string of the molecule is CC(C)CC1(C)NC(=O)N(CC(=O)N(Cc2ccccc2)C(C)(C)C)C1=O. The second kappa shape index (κ2) is 7.71. The molecule has 1 aromatic rings. The summed E-state index contributed by atoms with van der Waals surface area (Å²) in [6.07, 6.45) is 0.537. The fraction of sp³-hybridized carbons (Fsp3) is 0.571. The first-order valence-corrected chi connectivity index (χ1v) is 9.42. The maximum absolute atomic E-state index is 13.0. The maximum atomic E-state index is 13.0. The van der Waals surface area contributed by atoms with Gasteiger partial charge in [-0.15, -0.1) is 0 Å². The Morgan fingerprint density at radius 3 is 2.30 bits per heavy atom. The molecule has 1 fully saturated rings. The molecule has 6 heteroatoms. The highest BCUT2D eigenvalue weighted by molar-refractivity contribution is 6.08. The summed E-state index contributed by atoms with van der Waals surface area (Å²) in [5.41, 5.74) is -0.382. The highest BCUT2D eigenvalue weighted by atomic mass is 16.2. The molecule has 1 aromatic carbocycles. The smallest absolute Gasteiger partial charge is 0.325 e. The minimum atomic E-state index is -0.947. The zero-order valence-corrected chi connectivity index (χ0v) is 17.2. The van der Waals surface area contributed by atoms with E-state index in [0.717, 1.165) is 10.5 Å². The third-order valence-corrected chi connectivity index (χ3v) is 4.75. The van der Waals surface area contributed by atoms with E-state index in [4.69, 9.17) is 0 Å². The lowest BCUT2D eigenvalue weighted by molar-refractivity contribution is -0.142. The Bertz CT molecular complexity index is 709. The van der Waals surface area contributed by atoms with Crippen LogP contribution >= 0.6 is 0 Å². The van der Waals surface area contributed by atoms with Gasteiger partial charge in [0.25, 0.3) is 5.91 Å². The van der Waals surface area contributed by atoms with E-state index in [1.165, 1.54) is 0 Å². The molecule has 1 N–H and O–H groups in total. The quantitative estimate of drug-likeness (QED) is 0.779. The summed E-state index contributed by atoms with van der Waals surface area (Å²) < 4.78 is 0. The van der Waals surface area contributed by atoms with Crippen LogP contribution in [0, 0.1) is 5.92 Å². The molecule has 0 saturated carbocycles. The fourth-order valence-corrected chi connectivity index (χ4v) is 3.53. The lowest BCUT2D eigenvalue weighted by Gasteiger charge is -2.36. The summed E-state index contributed by atoms with van der Waals surface area (Å²) in [7, 11) is 0. The van der Waals surface area contributed by atoms with Gasteiger partial charge in [0.2, 0.25) is 5.91 Å². The molecule has 1 aliphatic heterocycles. The van der Waals surface area contributed by atoms with E-state index in [0.29, 0.717) is 13.0 Å². The van der Waals surface area contributed by atoms with E-state index in [1.54, 1.807) is 11.8 Å². The highest BCUT2D eigenvalue weighted by Gasteiger charge is 2.48. The van der Waals surface area contributed by atoms with Crippen molar-refractivity contribution in [2.75, 3.05) is 6.54 Å². The molecule has 27 heavy (non-hydrogen) atoms. The van der Waals surface area contributed by atoms with E-state index >= 15 is 0 Å². The van der Waals surface area contributed by atoms with Crippen LogP contribution in [0.4, 0.5) is 4.79 Å². The molecule has 4 amide bonds. The molecule has 1 heterocycles. The van der Waals surface area contributed by atoms with Crippen LogP contribution in [0.5, 0.6) is 0 Å². The number of imide groups is 1. The van der Waals surface area contributed by atoms with E-state index in [2.05, 4.69) is 5.32 Å². The third-order valence-electron chi connectivity index (χ3n) is 4.75. The number of carbonyl (C=O) groups is 3. The molecule has 6 nitrogen and oxygen atoms in total. The number of benzene rings is 1. The van der Waals surface area contributed by atoms with E-state index in [-0.39, 0.29) is 24.3 Å². The number of hydrogen-bond acceptors (Lipinski definition) is 3. The molecule has 1 atom stereocenters.